The van der Waals surface area contributed by atoms with Crippen molar-refractivity contribution in [2.75, 3.05) is 38.6 Å². The number of hydrogen-bond donors (Lipinski definition) is 4. The van der Waals surface area contributed by atoms with Gasteiger partial charge in [-0.2, -0.15) is 10.3 Å². The fraction of sp³-hybridized carbons (Fsp3) is 0.500. The molecule has 0 fully saturated rings. The first-order valence-electron chi connectivity index (χ1n) is 10.5. The number of hydrogen-bond acceptors (Lipinski definition) is 5. The molecule has 1 rings (SSSR count). The zero-order valence-electron chi connectivity index (χ0n) is 18.7. The van der Waals surface area contributed by atoms with Crippen LogP contribution >= 0.6 is 0 Å². The van der Waals surface area contributed by atoms with Gasteiger partial charge in [0.05, 0.1) is 18.8 Å². The van der Waals surface area contributed by atoms with Crippen molar-refractivity contribution in [3.05, 3.63) is 41.5 Å². The number of nitrogens with two attached hydrogens (primary N) is 3. The quantitative estimate of drug-likeness (QED) is 0.113. The molecule has 0 unspecified atom stereocenters. The fourth-order valence-electron chi connectivity index (χ4n) is 3.12. The van der Waals surface area contributed by atoms with E-state index in [2.05, 4.69) is 21.9 Å². The molecule has 0 saturated heterocycles. The van der Waals surface area contributed by atoms with Crippen molar-refractivity contribution in [2.45, 2.75) is 39.0 Å². The molecule has 1 aromatic rings. The number of alkyl halides is 2. The Morgan fingerprint density at radius 2 is 1.97 bits per heavy atom. The Balaban J connectivity index is 2.33. The van der Waals surface area contributed by atoms with Gasteiger partial charge in [0.15, 0.2) is 0 Å². The number of benzene rings is 1. The van der Waals surface area contributed by atoms with Crippen LogP contribution < -0.4 is 22.5 Å². The maximum absolute atomic E-state index is 12.9. The van der Waals surface area contributed by atoms with E-state index < -0.39 is 6.43 Å². The van der Waals surface area contributed by atoms with E-state index >= 15 is 0 Å². The maximum Gasteiger partial charge on any atom is 0.251 e. The second-order valence-corrected chi connectivity index (χ2v) is 7.41. The summed E-state index contributed by atoms with van der Waals surface area (Å²) in [6, 6.07) is 7.57. The molecule has 1 aromatic carbocycles. The minimum absolute atomic E-state index is 0.0202. The first-order valence-corrected chi connectivity index (χ1v) is 10.5. The van der Waals surface area contributed by atoms with Gasteiger partial charge in [-0.25, -0.2) is 13.8 Å². The molecule has 0 heterocycles. The molecule has 0 atom stereocenters. The maximum atomic E-state index is 12.9. The summed E-state index contributed by atoms with van der Waals surface area (Å²) < 4.78 is 25.9. The molecule has 0 saturated carbocycles. The number of nitrogens with zero attached hydrogens (tertiary/aromatic N) is 4. The number of guanidine groups is 1. The predicted octanol–water partition coefficient (Wildman–Crippen LogP) is 2.16. The van der Waals surface area contributed by atoms with E-state index in [-0.39, 0.29) is 30.6 Å². The number of nitriles is 1. The van der Waals surface area contributed by atoms with Gasteiger partial charge in [0.25, 0.3) is 6.43 Å². The van der Waals surface area contributed by atoms with E-state index in [1.165, 1.54) is 0 Å². The molecule has 0 amide bonds. The van der Waals surface area contributed by atoms with Crippen LogP contribution in [0.3, 0.4) is 0 Å². The van der Waals surface area contributed by atoms with Crippen LogP contribution in [0.5, 0.6) is 0 Å². The van der Waals surface area contributed by atoms with Gasteiger partial charge in [-0.05, 0) is 69.4 Å². The summed E-state index contributed by atoms with van der Waals surface area (Å²) in [5.41, 5.74) is 20.2. The second-order valence-electron chi connectivity index (χ2n) is 7.41. The van der Waals surface area contributed by atoms with E-state index in [9.17, 15) is 8.78 Å². The molecule has 7 N–H and O–H groups in total. The number of aliphatic imine (C=N–C) groups is 2. The third-order valence-corrected chi connectivity index (χ3v) is 4.85. The highest BCUT2D eigenvalue weighted by Gasteiger charge is 2.12. The van der Waals surface area contributed by atoms with Crippen LogP contribution in [0.15, 0.2) is 40.3 Å². The molecular formula is C22H34F2N8. The summed E-state index contributed by atoms with van der Waals surface area (Å²) in [4.78, 5) is 9.55. The largest absolute Gasteiger partial charge is 0.398 e. The average Bonchev–Trinajstić information content (AvgIpc) is 2.73. The van der Waals surface area contributed by atoms with Gasteiger partial charge in [0, 0.05) is 5.69 Å². The molecule has 10 heteroatoms. The smallest absolute Gasteiger partial charge is 0.251 e. The molecule has 0 aliphatic heterocycles. The van der Waals surface area contributed by atoms with Crippen molar-refractivity contribution in [1.29, 1.82) is 5.26 Å². The number of nitrogen functional groups attached to an aromatic ring is 1. The van der Waals surface area contributed by atoms with E-state index in [1.54, 1.807) is 11.0 Å². The van der Waals surface area contributed by atoms with Crippen molar-refractivity contribution in [1.82, 2.24) is 10.2 Å². The van der Waals surface area contributed by atoms with Gasteiger partial charge < -0.3 is 17.2 Å². The van der Waals surface area contributed by atoms with E-state index in [1.807, 2.05) is 25.1 Å². The Morgan fingerprint density at radius 1 is 1.25 bits per heavy atom. The lowest BCUT2D eigenvalue weighted by molar-refractivity contribution is 0.0867. The number of anilines is 1. The molecule has 0 aliphatic rings. The first kappa shape index (κ1) is 27.0. The Labute approximate surface area is 188 Å². The standard InChI is InChI=1S/C22H34F2N8/c1-16-7-5-9-19(26)18(16)8-6-12-32(14-20(23)24)11-4-3-10-29-15-30-22(28)31-21(27)17(2)13-25/h5,7,9,20,29H,2-4,6,8,10-12,14-15,26H2,1H3,(H4,27,28,30,31). The molecule has 32 heavy (non-hydrogen) atoms. The zero-order valence-corrected chi connectivity index (χ0v) is 18.7. The minimum atomic E-state index is -2.36. The van der Waals surface area contributed by atoms with E-state index in [0.717, 1.165) is 42.5 Å². The molecule has 0 aromatic heterocycles. The van der Waals surface area contributed by atoms with Crippen LogP contribution in [0.25, 0.3) is 0 Å². The van der Waals surface area contributed by atoms with Gasteiger partial charge in [0.2, 0.25) is 5.96 Å². The van der Waals surface area contributed by atoms with Crippen molar-refractivity contribution >= 4 is 17.5 Å². The summed E-state index contributed by atoms with van der Waals surface area (Å²) in [7, 11) is 0. The lowest BCUT2D eigenvalue weighted by Crippen LogP contribution is -2.31. The topological polar surface area (TPSA) is 142 Å². The number of aryl methyl sites for hydroxylation is 1. The third kappa shape index (κ3) is 10.8. The lowest BCUT2D eigenvalue weighted by Gasteiger charge is -2.22. The van der Waals surface area contributed by atoms with Crippen molar-refractivity contribution in [2.24, 2.45) is 21.5 Å². The summed E-state index contributed by atoms with van der Waals surface area (Å²) in [6.07, 6.45) is 0.762. The van der Waals surface area contributed by atoms with Crippen LogP contribution in [0.2, 0.25) is 0 Å². The monoisotopic (exact) mass is 448 g/mol. The number of amidine groups is 1. The van der Waals surface area contributed by atoms with Crippen molar-refractivity contribution in [3.63, 3.8) is 0 Å². The Hall–Kier alpha value is -3.03. The number of rotatable bonds is 14. The van der Waals surface area contributed by atoms with Gasteiger partial charge >= 0.3 is 0 Å². The van der Waals surface area contributed by atoms with Crippen molar-refractivity contribution < 1.29 is 8.78 Å². The average molecular weight is 449 g/mol. The Bertz CT molecular complexity index is 809. The van der Waals surface area contributed by atoms with E-state index in [4.69, 9.17) is 22.5 Å². The number of halogens is 2. The molecule has 0 bridgehead atoms. The molecule has 176 valence electrons. The molecule has 0 spiro atoms. The molecule has 0 radical (unpaired) electrons. The number of nitrogens with one attached hydrogen (secondary N) is 1. The van der Waals surface area contributed by atoms with Crippen LogP contribution in [-0.4, -0.2) is 56.0 Å². The normalized spacial score (nSPS) is 12.4. The lowest BCUT2D eigenvalue weighted by atomic mass is 10.0. The highest BCUT2D eigenvalue weighted by atomic mass is 19.3. The molecule has 8 nitrogen and oxygen atoms in total. The van der Waals surface area contributed by atoms with Gasteiger partial charge in [0.1, 0.15) is 11.9 Å². The summed E-state index contributed by atoms with van der Waals surface area (Å²) in [5.74, 6) is -0.123. The van der Waals surface area contributed by atoms with Crippen LogP contribution in [0.4, 0.5) is 14.5 Å². The summed E-state index contributed by atoms with van der Waals surface area (Å²) >= 11 is 0. The predicted molar refractivity (Wildman–Crippen MR) is 126 cm³/mol. The van der Waals surface area contributed by atoms with Gasteiger partial charge in [-0.15, -0.1) is 0 Å². The zero-order chi connectivity index (χ0) is 23.9. The van der Waals surface area contributed by atoms with Crippen molar-refractivity contribution in [3.8, 4) is 6.07 Å². The van der Waals surface area contributed by atoms with Crippen LogP contribution in [-0.2, 0) is 6.42 Å². The highest BCUT2D eigenvalue weighted by Crippen LogP contribution is 2.18. The Morgan fingerprint density at radius 3 is 2.62 bits per heavy atom. The Kier molecular flexibility index (Phi) is 12.6. The van der Waals surface area contributed by atoms with Crippen LogP contribution in [0.1, 0.15) is 30.4 Å². The summed E-state index contributed by atoms with van der Waals surface area (Å²) in [5, 5.41) is 11.7. The molecule has 0 aliphatic carbocycles. The summed E-state index contributed by atoms with van der Waals surface area (Å²) in [6.45, 7) is 7.29. The minimum Gasteiger partial charge on any atom is -0.398 e. The van der Waals surface area contributed by atoms with E-state index in [0.29, 0.717) is 19.6 Å². The third-order valence-electron chi connectivity index (χ3n) is 4.85. The van der Waals surface area contributed by atoms with Gasteiger partial charge in [-0.1, -0.05) is 18.7 Å². The van der Waals surface area contributed by atoms with Crippen LogP contribution in [0, 0.1) is 18.3 Å². The second kappa shape index (κ2) is 14.9. The van der Waals surface area contributed by atoms with Gasteiger partial charge in [-0.3, -0.25) is 10.2 Å². The first-order chi connectivity index (χ1) is 15.2. The fourth-order valence-corrected chi connectivity index (χ4v) is 3.12. The SMILES string of the molecule is C=C(C#N)C(N)=NC(N)=NCNCCCCN(CCCc1c(C)cccc1N)CC(F)F. The molecular weight excluding hydrogens is 414 g/mol. The number of unbranched alkanes of at least 4 members (excludes halogenated alkanes) is 1. The highest BCUT2D eigenvalue weighted by molar-refractivity contribution is 6.06.